The molecule has 0 spiro atoms. The summed E-state index contributed by atoms with van der Waals surface area (Å²) in [4.78, 5) is 23.1. The minimum Gasteiger partial charge on any atom is -0.479 e. The Hall–Kier alpha value is -1.10. The molecule has 0 amide bonds. The van der Waals surface area contributed by atoms with Gasteiger partial charge in [-0.3, -0.25) is 4.79 Å². The SMILES string of the molecule is CC(C)OC(=O)CC1(C(=O)O)CCCC(C)(C)O1. The summed E-state index contributed by atoms with van der Waals surface area (Å²) in [7, 11) is 0. The number of carboxylic acid groups (broad SMARTS) is 1. The van der Waals surface area contributed by atoms with Crippen LogP contribution in [0.2, 0.25) is 0 Å². The van der Waals surface area contributed by atoms with E-state index in [4.69, 9.17) is 9.47 Å². The maximum absolute atomic E-state index is 11.7. The molecule has 0 aromatic rings. The molecule has 1 heterocycles. The summed E-state index contributed by atoms with van der Waals surface area (Å²) in [6.07, 6.45) is 1.39. The first-order valence-electron chi connectivity index (χ1n) is 6.30. The Morgan fingerprint density at radius 3 is 2.39 bits per heavy atom. The topological polar surface area (TPSA) is 72.8 Å². The third-order valence-electron chi connectivity index (χ3n) is 3.02. The van der Waals surface area contributed by atoms with Gasteiger partial charge in [0.25, 0.3) is 0 Å². The Kier molecular flexibility index (Phi) is 4.37. The number of rotatable bonds is 4. The zero-order chi connectivity index (χ0) is 14.0. The van der Waals surface area contributed by atoms with E-state index in [0.29, 0.717) is 6.42 Å². The van der Waals surface area contributed by atoms with Crippen molar-refractivity contribution in [1.29, 1.82) is 0 Å². The van der Waals surface area contributed by atoms with Crippen LogP contribution in [0.15, 0.2) is 0 Å². The second-order valence-electron chi connectivity index (χ2n) is 5.73. The van der Waals surface area contributed by atoms with E-state index >= 15 is 0 Å². The third kappa shape index (κ3) is 3.70. The summed E-state index contributed by atoms with van der Waals surface area (Å²) in [6, 6.07) is 0. The first-order valence-corrected chi connectivity index (χ1v) is 6.30. The number of aliphatic carboxylic acids is 1. The van der Waals surface area contributed by atoms with Crippen LogP contribution < -0.4 is 0 Å². The minimum atomic E-state index is -1.44. The molecule has 0 saturated carbocycles. The van der Waals surface area contributed by atoms with Crippen molar-refractivity contribution >= 4 is 11.9 Å². The molecule has 1 aliphatic heterocycles. The van der Waals surface area contributed by atoms with E-state index in [9.17, 15) is 14.7 Å². The molecule has 18 heavy (non-hydrogen) atoms. The van der Waals surface area contributed by atoms with E-state index in [-0.39, 0.29) is 12.5 Å². The van der Waals surface area contributed by atoms with Gasteiger partial charge in [-0.1, -0.05) is 0 Å². The van der Waals surface area contributed by atoms with E-state index in [0.717, 1.165) is 12.8 Å². The number of esters is 1. The van der Waals surface area contributed by atoms with Gasteiger partial charge >= 0.3 is 11.9 Å². The Labute approximate surface area is 107 Å². The molecule has 0 aromatic heterocycles. The number of hydrogen-bond donors (Lipinski definition) is 1. The zero-order valence-electron chi connectivity index (χ0n) is 11.5. The largest absolute Gasteiger partial charge is 0.479 e. The first kappa shape index (κ1) is 15.0. The quantitative estimate of drug-likeness (QED) is 0.782. The summed E-state index contributed by atoms with van der Waals surface area (Å²) in [6.45, 7) is 7.16. The molecule has 1 rings (SSSR count). The van der Waals surface area contributed by atoms with Crippen molar-refractivity contribution in [2.24, 2.45) is 0 Å². The molecule has 5 heteroatoms. The van der Waals surface area contributed by atoms with Gasteiger partial charge in [0.05, 0.1) is 18.1 Å². The summed E-state index contributed by atoms with van der Waals surface area (Å²) in [5, 5.41) is 9.37. The van der Waals surface area contributed by atoms with Gasteiger partial charge in [0, 0.05) is 0 Å². The Morgan fingerprint density at radius 2 is 1.94 bits per heavy atom. The van der Waals surface area contributed by atoms with Gasteiger partial charge in [-0.25, -0.2) is 4.79 Å². The summed E-state index contributed by atoms with van der Waals surface area (Å²) < 4.78 is 10.7. The van der Waals surface area contributed by atoms with Crippen molar-refractivity contribution in [2.75, 3.05) is 0 Å². The van der Waals surface area contributed by atoms with Gasteiger partial charge in [0.1, 0.15) is 0 Å². The van der Waals surface area contributed by atoms with Crippen LogP contribution in [0.5, 0.6) is 0 Å². The molecule has 104 valence electrons. The average Bonchev–Trinajstić information content (AvgIpc) is 2.13. The highest BCUT2D eigenvalue weighted by molar-refractivity contribution is 5.84. The summed E-state index contributed by atoms with van der Waals surface area (Å²) in [5.74, 6) is -1.61. The molecule has 0 aliphatic carbocycles. The van der Waals surface area contributed by atoms with Gasteiger partial charge in [-0.15, -0.1) is 0 Å². The molecule has 5 nitrogen and oxygen atoms in total. The molecule has 1 saturated heterocycles. The highest BCUT2D eigenvalue weighted by Crippen LogP contribution is 2.37. The molecule has 0 radical (unpaired) electrons. The molecule has 1 atom stereocenters. The predicted molar refractivity (Wildman–Crippen MR) is 65.2 cm³/mol. The normalized spacial score (nSPS) is 26.9. The van der Waals surface area contributed by atoms with E-state index in [2.05, 4.69) is 0 Å². The Bertz CT molecular complexity index is 334. The molecular formula is C13H22O5. The van der Waals surface area contributed by atoms with E-state index in [1.807, 2.05) is 13.8 Å². The molecule has 1 N–H and O–H groups in total. The lowest BCUT2D eigenvalue weighted by molar-refractivity contribution is -0.208. The van der Waals surface area contributed by atoms with E-state index in [1.165, 1.54) is 0 Å². The number of carboxylic acids is 1. The Morgan fingerprint density at radius 1 is 1.33 bits per heavy atom. The maximum Gasteiger partial charge on any atom is 0.336 e. The standard InChI is InChI=1S/C13H22O5/c1-9(2)17-10(14)8-13(11(15)16)7-5-6-12(3,4)18-13/h9H,5-8H2,1-4H3,(H,15,16). The molecule has 1 unspecified atom stereocenters. The van der Waals surface area contributed by atoms with Crippen molar-refractivity contribution in [3.8, 4) is 0 Å². The number of ether oxygens (including phenoxy) is 2. The van der Waals surface area contributed by atoms with Crippen molar-refractivity contribution in [1.82, 2.24) is 0 Å². The van der Waals surface area contributed by atoms with Crippen LogP contribution in [-0.2, 0) is 19.1 Å². The van der Waals surface area contributed by atoms with Crippen molar-refractivity contribution < 1.29 is 24.2 Å². The monoisotopic (exact) mass is 258 g/mol. The lowest BCUT2D eigenvalue weighted by Gasteiger charge is -2.42. The number of hydrogen-bond acceptors (Lipinski definition) is 4. The first-order chi connectivity index (χ1) is 8.17. The maximum atomic E-state index is 11.7. The highest BCUT2D eigenvalue weighted by Gasteiger charge is 2.48. The van der Waals surface area contributed by atoms with Crippen LogP contribution in [0.1, 0.15) is 53.4 Å². The van der Waals surface area contributed by atoms with Crippen LogP contribution in [0.4, 0.5) is 0 Å². The van der Waals surface area contributed by atoms with Gasteiger partial charge < -0.3 is 14.6 Å². The fourth-order valence-corrected chi connectivity index (χ4v) is 2.32. The van der Waals surface area contributed by atoms with Crippen LogP contribution in [0, 0.1) is 0 Å². The van der Waals surface area contributed by atoms with Crippen LogP contribution in [0.3, 0.4) is 0 Å². The van der Waals surface area contributed by atoms with Gasteiger partial charge in [0.15, 0.2) is 5.60 Å². The lowest BCUT2D eigenvalue weighted by atomic mass is 9.84. The van der Waals surface area contributed by atoms with Crippen LogP contribution in [-0.4, -0.2) is 34.4 Å². The number of carbonyl (C=O) groups excluding carboxylic acids is 1. The lowest BCUT2D eigenvalue weighted by Crippen LogP contribution is -2.52. The average molecular weight is 258 g/mol. The molecule has 0 bridgehead atoms. The van der Waals surface area contributed by atoms with E-state index in [1.54, 1.807) is 13.8 Å². The highest BCUT2D eigenvalue weighted by atomic mass is 16.6. The number of carbonyl (C=O) groups is 2. The molecule has 0 aromatic carbocycles. The third-order valence-corrected chi connectivity index (χ3v) is 3.02. The fraction of sp³-hybridized carbons (Fsp3) is 0.846. The Balaban J connectivity index is 2.81. The molecule has 1 aliphatic rings. The zero-order valence-corrected chi connectivity index (χ0v) is 11.5. The van der Waals surface area contributed by atoms with Crippen molar-refractivity contribution in [3.05, 3.63) is 0 Å². The minimum absolute atomic E-state index is 0.232. The van der Waals surface area contributed by atoms with Crippen LogP contribution >= 0.6 is 0 Å². The smallest absolute Gasteiger partial charge is 0.336 e. The summed E-state index contributed by atoms with van der Waals surface area (Å²) >= 11 is 0. The molecule has 1 fully saturated rings. The predicted octanol–water partition coefficient (Wildman–Crippen LogP) is 2.13. The molecular weight excluding hydrogens is 236 g/mol. The van der Waals surface area contributed by atoms with Crippen LogP contribution in [0.25, 0.3) is 0 Å². The van der Waals surface area contributed by atoms with E-state index < -0.39 is 23.1 Å². The van der Waals surface area contributed by atoms with Gasteiger partial charge in [-0.2, -0.15) is 0 Å². The summed E-state index contributed by atoms with van der Waals surface area (Å²) in [5.41, 5.74) is -1.96. The van der Waals surface area contributed by atoms with Crippen molar-refractivity contribution in [2.45, 2.75) is 70.7 Å². The fourth-order valence-electron chi connectivity index (χ4n) is 2.32. The second kappa shape index (κ2) is 5.26. The van der Waals surface area contributed by atoms with Crippen molar-refractivity contribution in [3.63, 3.8) is 0 Å². The van der Waals surface area contributed by atoms with Gasteiger partial charge in [-0.05, 0) is 47.0 Å². The second-order valence-corrected chi connectivity index (χ2v) is 5.73. The van der Waals surface area contributed by atoms with Gasteiger partial charge in [0.2, 0.25) is 0 Å².